The molecule has 7 heteroatoms. The van der Waals surface area contributed by atoms with Crippen LogP contribution < -0.4 is 15.8 Å². The maximum Gasteiger partial charge on any atom is 0.294 e. The van der Waals surface area contributed by atoms with Crippen molar-refractivity contribution in [1.29, 1.82) is 0 Å². The Morgan fingerprint density at radius 1 is 1.00 bits per heavy atom. The summed E-state index contributed by atoms with van der Waals surface area (Å²) in [5.41, 5.74) is 1.50. The third-order valence-corrected chi connectivity index (χ3v) is 5.75. The van der Waals surface area contributed by atoms with E-state index in [1.807, 2.05) is 24.3 Å². The van der Waals surface area contributed by atoms with Gasteiger partial charge < -0.3 is 19.7 Å². The SMILES string of the molecule is O=C(CCn1c(=O)c(N2CCCC2)nc2ccccc21)NCCN1CCCC1. The molecule has 150 valence electrons. The predicted molar refractivity (Wildman–Crippen MR) is 111 cm³/mol. The summed E-state index contributed by atoms with van der Waals surface area (Å²) in [6.07, 6.45) is 4.99. The Bertz CT molecular complexity index is 882. The fourth-order valence-corrected chi connectivity index (χ4v) is 4.20. The number of fused-ring (bicyclic) bond motifs is 1. The topological polar surface area (TPSA) is 70.5 Å². The van der Waals surface area contributed by atoms with Crippen LogP contribution in [0.1, 0.15) is 32.1 Å². The zero-order chi connectivity index (χ0) is 19.3. The van der Waals surface area contributed by atoms with Crippen molar-refractivity contribution in [1.82, 2.24) is 19.8 Å². The minimum atomic E-state index is -0.0922. The lowest BCUT2D eigenvalue weighted by atomic mass is 10.2. The summed E-state index contributed by atoms with van der Waals surface area (Å²) >= 11 is 0. The van der Waals surface area contributed by atoms with E-state index < -0.39 is 0 Å². The molecular weight excluding hydrogens is 354 g/mol. The van der Waals surface area contributed by atoms with Crippen molar-refractivity contribution in [3.05, 3.63) is 34.6 Å². The molecule has 1 aromatic heterocycles. The van der Waals surface area contributed by atoms with Crippen LogP contribution in [0.25, 0.3) is 11.0 Å². The zero-order valence-corrected chi connectivity index (χ0v) is 16.4. The molecule has 0 radical (unpaired) electrons. The van der Waals surface area contributed by atoms with Crippen LogP contribution in [0.4, 0.5) is 5.82 Å². The van der Waals surface area contributed by atoms with Crippen LogP contribution in [0.3, 0.4) is 0 Å². The van der Waals surface area contributed by atoms with Gasteiger partial charge in [-0.3, -0.25) is 9.59 Å². The van der Waals surface area contributed by atoms with Crippen LogP contribution in [0, 0.1) is 0 Å². The number of benzene rings is 1. The summed E-state index contributed by atoms with van der Waals surface area (Å²) in [5, 5.41) is 3.00. The van der Waals surface area contributed by atoms with Crippen molar-refractivity contribution in [3.63, 3.8) is 0 Å². The highest BCUT2D eigenvalue weighted by Crippen LogP contribution is 2.18. The first kappa shape index (κ1) is 18.9. The van der Waals surface area contributed by atoms with Crippen LogP contribution in [0.2, 0.25) is 0 Å². The van der Waals surface area contributed by atoms with Crippen LogP contribution in [-0.4, -0.2) is 59.6 Å². The molecule has 2 aromatic rings. The number of amides is 1. The number of carbonyl (C=O) groups excluding carboxylic acids is 1. The Balaban J connectivity index is 1.45. The van der Waals surface area contributed by atoms with Gasteiger partial charge in [-0.05, 0) is 50.9 Å². The summed E-state index contributed by atoms with van der Waals surface area (Å²) in [4.78, 5) is 34.5. The third kappa shape index (κ3) is 4.19. The summed E-state index contributed by atoms with van der Waals surface area (Å²) < 4.78 is 1.72. The number of aryl methyl sites for hydroxylation is 1. The molecule has 7 nitrogen and oxygen atoms in total. The fraction of sp³-hybridized carbons (Fsp3) is 0.571. The first-order chi connectivity index (χ1) is 13.7. The molecular formula is C21H29N5O2. The van der Waals surface area contributed by atoms with E-state index in [0.29, 0.717) is 25.3 Å². The second-order valence-electron chi connectivity index (χ2n) is 7.72. The lowest BCUT2D eigenvalue weighted by Crippen LogP contribution is -2.35. The van der Waals surface area contributed by atoms with E-state index in [-0.39, 0.29) is 11.5 Å². The van der Waals surface area contributed by atoms with Crippen LogP contribution in [0.15, 0.2) is 29.1 Å². The largest absolute Gasteiger partial charge is 0.355 e. The number of nitrogens with zero attached hydrogens (tertiary/aromatic N) is 4. The van der Waals surface area contributed by atoms with E-state index in [1.54, 1.807) is 4.57 Å². The minimum absolute atomic E-state index is 0.00490. The van der Waals surface area contributed by atoms with E-state index in [9.17, 15) is 9.59 Å². The normalized spacial score (nSPS) is 17.5. The molecule has 3 heterocycles. The van der Waals surface area contributed by atoms with Gasteiger partial charge in [0.05, 0.1) is 11.0 Å². The quantitative estimate of drug-likeness (QED) is 0.786. The summed E-state index contributed by atoms with van der Waals surface area (Å²) in [6.45, 7) is 5.96. The monoisotopic (exact) mass is 383 g/mol. The Kier molecular flexibility index (Phi) is 5.90. The van der Waals surface area contributed by atoms with Gasteiger partial charge in [-0.25, -0.2) is 4.98 Å². The molecule has 1 N–H and O–H groups in total. The molecule has 2 aliphatic rings. The summed E-state index contributed by atoms with van der Waals surface area (Å²) in [6, 6.07) is 7.68. The summed E-state index contributed by atoms with van der Waals surface area (Å²) in [7, 11) is 0. The van der Waals surface area contributed by atoms with Gasteiger partial charge in [-0.1, -0.05) is 12.1 Å². The number of hydrogen-bond acceptors (Lipinski definition) is 5. The first-order valence-corrected chi connectivity index (χ1v) is 10.5. The van der Waals surface area contributed by atoms with E-state index in [1.165, 1.54) is 12.8 Å². The van der Waals surface area contributed by atoms with Crippen molar-refractivity contribution < 1.29 is 4.79 Å². The lowest BCUT2D eigenvalue weighted by molar-refractivity contribution is -0.121. The molecule has 0 atom stereocenters. The lowest BCUT2D eigenvalue weighted by Gasteiger charge is -2.19. The van der Waals surface area contributed by atoms with Gasteiger partial charge in [0.15, 0.2) is 5.82 Å². The van der Waals surface area contributed by atoms with Gasteiger partial charge >= 0.3 is 0 Å². The Hall–Kier alpha value is -2.41. The van der Waals surface area contributed by atoms with E-state index in [2.05, 4.69) is 20.1 Å². The molecule has 0 aliphatic carbocycles. The number of anilines is 1. The van der Waals surface area contributed by atoms with Crippen molar-refractivity contribution in [2.24, 2.45) is 0 Å². The second kappa shape index (κ2) is 8.73. The van der Waals surface area contributed by atoms with Gasteiger partial charge in [-0.15, -0.1) is 0 Å². The maximum absolute atomic E-state index is 13.1. The smallest absolute Gasteiger partial charge is 0.294 e. The number of likely N-dealkylation sites (tertiary alicyclic amines) is 1. The molecule has 2 aliphatic heterocycles. The molecule has 2 saturated heterocycles. The number of rotatable bonds is 7. The average molecular weight is 383 g/mol. The van der Waals surface area contributed by atoms with E-state index in [0.717, 1.165) is 56.6 Å². The highest BCUT2D eigenvalue weighted by atomic mass is 16.2. The Morgan fingerprint density at radius 3 is 2.50 bits per heavy atom. The number of carbonyl (C=O) groups is 1. The third-order valence-electron chi connectivity index (χ3n) is 5.75. The summed E-state index contributed by atoms with van der Waals surface area (Å²) in [5.74, 6) is 0.514. The molecule has 4 rings (SSSR count). The molecule has 0 spiro atoms. The van der Waals surface area contributed by atoms with Crippen molar-refractivity contribution >= 4 is 22.8 Å². The molecule has 1 aromatic carbocycles. The van der Waals surface area contributed by atoms with Gasteiger partial charge in [0.2, 0.25) is 5.91 Å². The van der Waals surface area contributed by atoms with Crippen LogP contribution in [0.5, 0.6) is 0 Å². The Labute approximate surface area is 165 Å². The second-order valence-corrected chi connectivity index (χ2v) is 7.72. The van der Waals surface area contributed by atoms with E-state index in [4.69, 9.17) is 0 Å². The van der Waals surface area contributed by atoms with Crippen LogP contribution >= 0.6 is 0 Å². The number of aromatic nitrogens is 2. The van der Waals surface area contributed by atoms with Gasteiger partial charge in [0.25, 0.3) is 5.56 Å². The van der Waals surface area contributed by atoms with Crippen molar-refractivity contribution in [3.8, 4) is 0 Å². The highest BCUT2D eigenvalue weighted by molar-refractivity contribution is 5.78. The number of hydrogen-bond donors (Lipinski definition) is 1. The highest BCUT2D eigenvalue weighted by Gasteiger charge is 2.20. The van der Waals surface area contributed by atoms with Gasteiger partial charge in [-0.2, -0.15) is 0 Å². The number of nitrogens with one attached hydrogen (secondary N) is 1. The van der Waals surface area contributed by atoms with Crippen molar-refractivity contribution in [2.45, 2.75) is 38.6 Å². The maximum atomic E-state index is 13.1. The molecule has 0 unspecified atom stereocenters. The van der Waals surface area contributed by atoms with Crippen molar-refractivity contribution in [2.75, 3.05) is 44.2 Å². The van der Waals surface area contributed by atoms with Crippen LogP contribution in [-0.2, 0) is 11.3 Å². The fourth-order valence-electron chi connectivity index (χ4n) is 4.20. The number of para-hydroxylation sites is 2. The standard InChI is InChI=1S/C21H29N5O2/c27-19(22-10-16-24-11-3-4-12-24)9-15-26-18-8-2-1-7-17(18)23-20(21(26)28)25-13-5-6-14-25/h1-2,7-8H,3-6,9-16H2,(H,22,27). The minimum Gasteiger partial charge on any atom is -0.355 e. The molecule has 28 heavy (non-hydrogen) atoms. The average Bonchev–Trinajstić information content (AvgIpc) is 3.41. The molecule has 0 bridgehead atoms. The zero-order valence-electron chi connectivity index (χ0n) is 16.4. The van der Waals surface area contributed by atoms with Gasteiger partial charge in [0, 0.05) is 39.1 Å². The molecule has 0 saturated carbocycles. The van der Waals surface area contributed by atoms with E-state index >= 15 is 0 Å². The van der Waals surface area contributed by atoms with Gasteiger partial charge in [0.1, 0.15) is 0 Å². The first-order valence-electron chi connectivity index (χ1n) is 10.5. The predicted octanol–water partition coefficient (Wildman–Crippen LogP) is 1.60. The molecule has 2 fully saturated rings. The molecule has 1 amide bonds. The Morgan fingerprint density at radius 2 is 1.71 bits per heavy atom.